The fourth-order valence-corrected chi connectivity index (χ4v) is 24.3. The zero-order chi connectivity index (χ0) is 58.4. The summed E-state index contributed by atoms with van der Waals surface area (Å²) in [6.45, 7) is 0. The van der Waals surface area contributed by atoms with Crippen LogP contribution in [0.25, 0.3) is 98.4 Å². The molecule has 16 rings (SSSR count). The molecule has 16 aromatic rings. The van der Waals surface area contributed by atoms with Crippen molar-refractivity contribution >= 4 is 112 Å². The van der Waals surface area contributed by atoms with Crippen LogP contribution >= 0.6 is 0 Å². The lowest BCUT2D eigenvalue weighted by Crippen LogP contribution is -2.74. The molecule has 0 nitrogen and oxygen atoms in total. The minimum Gasteiger partial charge on any atom is -0.0623 e. The summed E-state index contributed by atoms with van der Waals surface area (Å²) in [4.78, 5) is 0. The topological polar surface area (TPSA) is 0 Å². The molecular weight excluding hydrogens is 1090 g/mol. The molecule has 0 aliphatic carbocycles. The Balaban J connectivity index is 1.04. The van der Waals surface area contributed by atoms with Gasteiger partial charge in [0.15, 0.2) is 16.1 Å². The van der Waals surface area contributed by atoms with Crippen molar-refractivity contribution in [3.63, 3.8) is 0 Å². The minimum atomic E-state index is -2.97. The summed E-state index contributed by atoms with van der Waals surface area (Å²) in [6.07, 6.45) is 0. The van der Waals surface area contributed by atoms with Crippen LogP contribution in [-0.2, 0) is 0 Å². The molecule has 0 aromatic heterocycles. The zero-order valence-corrected chi connectivity index (χ0v) is 50.6. The van der Waals surface area contributed by atoms with Crippen molar-refractivity contribution in [2.45, 2.75) is 0 Å². The fourth-order valence-electron chi connectivity index (χ4n) is 14.8. The Hall–Kier alpha value is -10.7. The highest BCUT2D eigenvalue weighted by Gasteiger charge is 2.43. The van der Waals surface area contributed by atoms with E-state index in [4.69, 9.17) is 0 Å². The number of rotatable bonds is 12. The molecule has 0 aliphatic rings. The van der Waals surface area contributed by atoms with Crippen molar-refractivity contribution in [2.24, 2.45) is 0 Å². The first-order valence-corrected chi connectivity index (χ1v) is 34.6. The molecule has 16 aromatic carbocycles. The Bertz CT molecular complexity index is 4700. The second-order valence-electron chi connectivity index (χ2n) is 23.4. The van der Waals surface area contributed by atoms with Crippen molar-refractivity contribution in [1.82, 2.24) is 0 Å². The molecule has 0 heterocycles. The van der Waals surface area contributed by atoms with Crippen LogP contribution in [0.5, 0.6) is 0 Å². The van der Waals surface area contributed by atoms with Crippen LogP contribution < -0.4 is 41.5 Å². The number of fused-ring (bicyclic) bond motifs is 7. The highest BCUT2D eigenvalue weighted by Crippen LogP contribution is 2.44. The van der Waals surface area contributed by atoms with Crippen LogP contribution in [0.3, 0.4) is 0 Å². The summed E-state index contributed by atoms with van der Waals surface area (Å²) in [7, 11) is -5.95. The van der Waals surface area contributed by atoms with E-state index in [1.54, 1.807) is 0 Å². The zero-order valence-electron chi connectivity index (χ0n) is 48.6. The van der Waals surface area contributed by atoms with Crippen LogP contribution in [0.1, 0.15) is 0 Å². The van der Waals surface area contributed by atoms with E-state index in [-0.39, 0.29) is 0 Å². The summed E-state index contributed by atoms with van der Waals surface area (Å²) >= 11 is 0. The molecule has 88 heavy (non-hydrogen) atoms. The number of benzene rings is 16. The van der Waals surface area contributed by atoms with E-state index in [1.807, 2.05) is 0 Å². The molecule has 0 saturated heterocycles. The van der Waals surface area contributed by atoms with Crippen LogP contribution in [0.2, 0.25) is 0 Å². The van der Waals surface area contributed by atoms with Crippen LogP contribution in [-0.4, -0.2) is 16.1 Å². The average Bonchev–Trinajstić information content (AvgIpc) is 0.869. The van der Waals surface area contributed by atoms with Crippen molar-refractivity contribution in [1.29, 1.82) is 0 Å². The van der Waals surface area contributed by atoms with Crippen molar-refractivity contribution < 1.29 is 0 Å². The Morgan fingerprint density at radius 1 is 0.136 bits per heavy atom. The average molecular weight is 1150 g/mol. The molecule has 2 heteroatoms. The normalized spacial score (nSPS) is 11.9. The predicted octanol–water partition coefficient (Wildman–Crippen LogP) is 16.9. The first-order valence-electron chi connectivity index (χ1n) is 30.6. The van der Waals surface area contributed by atoms with Gasteiger partial charge < -0.3 is 0 Å². The summed E-state index contributed by atoms with van der Waals surface area (Å²) in [6, 6.07) is 138. The lowest BCUT2D eigenvalue weighted by molar-refractivity contribution is 1.63. The molecule has 0 bridgehead atoms. The lowest BCUT2D eigenvalue weighted by Gasteiger charge is -2.35. The van der Waals surface area contributed by atoms with Gasteiger partial charge in [0.1, 0.15) is 0 Å². The Kier molecular flexibility index (Phi) is 13.4. The van der Waals surface area contributed by atoms with E-state index < -0.39 is 16.1 Å². The van der Waals surface area contributed by atoms with E-state index in [9.17, 15) is 0 Å². The lowest BCUT2D eigenvalue weighted by atomic mass is 9.86. The van der Waals surface area contributed by atoms with Crippen LogP contribution in [0, 0.1) is 0 Å². The third-order valence-corrected chi connectivity index (χ3v) is 28.3. The third-order valence-electron chi connectivity index (χ3n) is 18.7. The van der Waals surface area contributed by atoms with E-state index in [2.05, 4.69) is 364 Å². The van der Waals surface area contributed by atoms with Gasteiger partial charge in [0, 0.05) is 0 Å². The first-order chi connectivity index (χ1) is 43.6. The van der Waals surface area contributed by atoms with Crippen molar-refractivity contribution in [3.8, 4) is 44.5 Å². The van der Waals surface area contributed by atoms with Gasteiger partial charge in [0.25, 0.3) is 0 Å². The summed E-state index contributed by atoms with van der Waals surface area (Å²) in [5.41, 5.74) is 9.63. The van der Waals surface area contributed by atoms with E-state index >= 15 is 0 Å². The second kappa shape index (κ2) is 22.3. The maximum Gasteiger partial charge on any atom is 0.179 e. The van der Waals surface area contributed by atoms with Gasteiger partial charge in [-0.1, -0.05) is 340 Å². The second-order valence-corrected chi connectivity index (χ2v) is 31.0. The van der Waals surface area contributed by atoms with Gasteiger partial charge in [0.2, 0.25) is 0 Å². The molecule has 0 N–H and O–H groups in total. The number of hydrogen-bond acceptors (Lipinski definition) is 0. The first kappa shape index (κ1) is 52.8. The van der Waals surface area contributed by atoms with Gasteiger partial charge in [-0.05, 0) is 164 Å². The van der Waals surface area contributed by atoms with Gasteiger partial charge >= 0.3 is 0 Å². The highest BCUT2D eigenvalue weighted by molar-refractivity contribution is 7.20. The molecule has 0 spiro atoms. The predicted molar refractivity (Wildman–Crippen MR) is 383 cm³/mol. The molecule has 0 radical (unpaired) electrons. The van der Waals surface area contributed by atoms with Gasteiger partial charge in [-0.3, -0.25) is 0 Å². The van der Waals surface area contributed by atoms with Crippen LogP contribution in [0.15, 0.2) is 364 Å². The molecule has 0 saturated carbocycles. The quantitative estimate of drug-likeness (QED) is 0.0650. The van der Waals surface area contributed by atoms with E-state index in [0.717, 1.165) is 0 Å². The third kappa shape index (κ3) is 8.79. The molecular formula is C86H60Si2. The largest absolute Gasteiger partial charge is 0.179 e. The van der Waals surface area contributed by atoms with Crippen molar-refractivity contribution in [2.75, 3.05) is 0 Å². The van der Waals surface area contributed by atoms with Gasteiger partial charge in [-0.15, -0.1) is 0 Å². The van der Waals surface area contributed by atoms with Gasteiger partial charge in [-0.25, -0.2) is 0 Å². The SMILES string of the molecule is c1ccc([Si](c2ccccc2)(c2ccccc2)c2ccc3c(c2)c(-c2cccc(-c4cccc5ccccc45)c2)cc2c4ccc([Si](c5ccccc5)(c5ccccc5)c5ccccc5)cc4c(-c4cccc(-c5cccc6ccccc56)c4)cc32)cc1. The van der Waals surface area contributed by atoms with Gasteiger partial charge in [0.05, 0.1) is 0 Å². The van der Waals surface area contributed by atoms with Gasteiger partial charge in [-0.2, -0.15) is 0 Å². The smallest absolute Gasteiger partial charge is 0.0623 e. The molecule has 0 atom stereocenters. The summed E-state index contributed by atoms with van der Waals surface area (Å²) < 4.78 is 0. The fraction of sp³-hybridized carbons (Fsp3) is 0. The van der Waals surface area contributed by atoms with E-state index in [1.165, 1.54) is 140 Å². The Morgan fingerprint density at radius 3 is 0.739 bits per heavy atom. The molecule has 412 valence electrons. The molecule has 0 fully saturated rings. The standard InChI is InChI=1S/C86H60Si2/c1-7-35-67(36-8-1)87(68-37-9-2-10-38-68,69-39-11-3-12-40-69)73-51-53-79-83(57-73)81(65-33-23-31-63(55-65)77-49-25-29-61-27-19-21-47-75(61)77)59-86-80-54-52-74(88(70-41-13-4-14-42-70,71-43-15-5-16-44-71)72-45-17-6-18-46-72)58-84(80)82(60-85(79)86)66-34-24-32-64(56-66)78-50-26-30-62-28-20-22-48-76(62)78/h1-60H. The summed E-state index contributed by atoms with van der Waals surface area (Å²) in [5, 5.41) is 23.1. The maximum atomic E-state index is 2.60. The van der Waals surface area contributed by atoms with Crippen molar-refractivity contribution in [3.05, 3.63) is 364 Å². The molecule has 0 amide bonds. The Labute approximate surface area is 516 Å². The van der Waals surface area contributed by atoms with Crippen LogP contribution in [0.4, 0.5) is 0 Å². The maximum absolute atomic E-state index is 2.97. The number of hydrogen-bond donors (Lipinski definition) is 0. The van der Waals surface area contributed by atoms with E-state index in [0.29, 0.717) is 0 Å². The highest BCUT2D eigenvalue weighted by atomic mass is 28.3. The Morgan fingerprint density at radius 2 is 0.409 bits per heavy atom. The molecule has 0 unspecified atom stereocenters. The minimum absolute atomic E-state index is 1.18. The summed E-state index contributed by atoms with van der Waals surface area (Å²) in [5.74, 6) is 0. The molecule has 0 aliphatic heterocycles. The monoisotopic (exact) mass is 1150 g/mol.